The molecular formula is C18H20Cl2N2O3S2. The molecule has 9 heteroatoms. The fourth-order valence-electron chi connectivity index (χ4n) is 3.04. The van der Waals surface area contributed by atoms with Gasteiger partial charge < -0.3 is 4.90 Å². The molecule has 1 fully saturated rings. The van der Waals surface area contributed by atoms with Crippen LogP contribution in [0.2, 0.25) is 9.36 Å². The van der Waals surface area contributed by atoms with Crippen molar-refractivity contribution < 1.29 is 13.2 Å². The van der Waals surface area contributed by atoms with E-state index in [0.717, 1.165) is 17.7 Å². The van der Waals surface area contributed by atoms with Crippen LogP contribution in [0.15, 0.2) is 35.2 Å². The fraction of sp³-hybridized carbons (Fsp3) is 0.389. The van der Waals surface area contributed by atoms with Gasteiger partial charge in [-0.1, -0.05) is 23.2 Å². The molecule has 1 amide bonds. The van der Waals surface area contributed by atoms with Crippen LogP contribution in [0.4, 0.5) is 0 Å². The molecule has 0 aliphatic carbocycles. The van der Waals surface area contributed by atoms with E-state index in [0.29, 0.717) is 36.1 Å². The Kier molecular flexibility index (Phi) is 6.48. The van der Waals surface area contributed by atoms with Crippen LogP contribution in [0.5, 0.6) is 0 Å². The molecule has 0 spiro atoms. The van der Waals surface area contributed by atoms with Gasteiger partial charge in [0.1, 0.15) is 4.90 Å². The quantitative estimate of drug-likeness (QED) is 0.655. The smallest absolute Gasteiger partial charge is 0.254 e. The number of thiophene rings is 1. The van der Waals surface area contributed by atoms with Crippen LogP contribution in [-0.2, 0) is 16.6 Å². The molecular weight excluding hydrogens is 427 g/mol. The minimum absolute atomic E-state index is 0.00728. The zero-order chi connectivity index (χ0) is 19.6. The first-order valence-corrected chi connectivity index (χ1v) is 11.7. The number of hydrogen-bond donors (Lipinski definition) is 0. The lowest BCUT2D eigenvalue weighted by Crippen LogP contribution is -2.31. The van der Waals surface area contributed by atoms with Crippen LogP contribution in [0.1, 0.15) is 35.0 Å². The number of benzene rings is 1. The Balaban J connectivity index is 1.88. The summed E-state index contributed by atoms with van der Waals surface area (Å²) < 4.78 is 27.8. The number of hydrogen-bond acceptors (Lipinski definition) is 4. The zero-order valence-corrected chi connectivity index (χ0v) is 18.0. The van der Waals surface area contributed by atoms with E-state index in [1.54, 1.807) is 17.0 Å². The molecule has 1 aliphatic heterocycles. The lowest BCUT2D eigenvalue weighted by atomic mass is 10.2. The van der Waals surface area contributed by atoms with E-state index in [4.69, 9.17) is 23.2 Å². The molecule has 1 saturated heterocycles. The van der Waals surface area contributed by atoms with Gasteiger partial charge in [-0.2, -0.15) is 4.31 Å². The van der Waals surface area contributed by atoms with Gasteiger partial charge in [0.15, 0.2) is 0 Å². The first-order valence-electron chi connectivity index (χ1n) is 8.66. The number of nitrogens with zero attached hydrogens (tertiary/aromatic N) is 2. The molecule has 1 aromatic heterocycles. The number of sulfonamides is 1. The molecule has 2 aromatic rings. The molecule has 3 rings (SSSR count). The normalized spacial score (nSPS) is 15.2. The first kappa shape index (κ1) is 20.6. The molecule has 146 valence electrons. The second-order valence-corrected chi connectivity index (χ2v) is 10.4. The zero-order valence-electron chi connectivity index (χ0n) is 14.8. The van der Waals surface area contributed by atoms with Crippen LogP contribution in [0.25, 0.3) is 0 Å². The maximum absolute atomic E-state index is 12.9. The maximum atomic E-state index is 12.9. The highest BCUT2D eigenvalue weighted by Crippen LogP contribution is 2.29. The van der Waals surface area contributed by atoms with Crippen molar-refractivity contribution in [3.8, 4) is 0 Å². The number of rotatable bonds is 6. The summed E-state index contributed by atoms with van der Waals surface area (Å²) in [7, 11) is -3.70. The van der Waals surface area contributed by atoms with E-state index in [-0.39, 0.29) is 15.8 Å². The third kappa shape index (κ3) is 4.49. The van der Waals surface area contributed by atoms with Crippen molar-refractivity contribution in [3.05, 3.63) is 50.1 Å². The molecule has 0 unspecified atom stereocenters. The van der Waals surface area contributed by atoms with Gasteiger partial charge in [-0.3, -0.25) is 4.79 Å². The monoisotopic (exact) mass is 446 g/mol. The lowest BCUT2D eigenvalue weighted by molar-refractivity contribution is 0.0754. The molecule has 0 bridgehead atoms. The molecule has 1 aromatic carbocycles. The molecule has 0 saturated carbocycles. The third-order valence-corrected chi connectivity index (χ3v) is 8.10. The average molecular weight is 447 g/mol. The van der Waals surface area contributed by atoms with Crippen molar-refractivity contribution in [2.24, 2.45) is 0 Å². The van der Waals surface area contributed by atoms with Crippen molar-refractivity contribution in [3.63, 3.8) is 0 Å². The van der Waals surface area contributed by atoms with Crippen LogP contribution < -0.4 is 0 Å². The summed E-state index contributed by atoms with van der Waals surface area (Å²) in [6.07, 6.45) is 1.67. The topological polar surface area (TPSA) is 57.7 Å². The maximum Gasteiger partial charge on any atom is 0.254 e. The standard InChI is InChI=1S/C18H20Cl2N2O3S2/c1-2-21(12-14-6-8-17(20)26-14)18(23)13-5-7-15(19)16(11-13)27(24,25)22-9-3-4-10-22/h5-8,11H,2-4,9-10,12H2,1H3. The predicted octanol–water partition coefficient (Wildman–Crippen LogP) is 4.50. The van der Waals surface area contributed by atoms with Crippen molar-refractivity contribution >= 4 is 50.5 Å². The third-order valence-electron chi connectivity index (χ3n) is 4.51. The molecule has 0 atom stereocenters. The van der Waals surface area contributed by atoms with Crippen LogP contribution in [0, 0.1) is 0 Å². The minimum atomic E-state index is -3.70. The molecule has 1 aliphatic rings. The Morgan fingerprint density at radius 1 is 1.19 bits per heavy atom. The summed E-state index contributed by atoms with van der Waals surface area (Å²) in [5.74, 6) is -0.239. The van der Waals surface area contributed by atoms with Gasteiger partial charge >= 0.3 is 0 Å². The second-order valence-electron chi connectivity index (χ2n) is 6.28. The van der Waals surface area contributed by atoms with Crippen molar-refractivity contribution in [1.82, 2.24) is 9.21 Å². The summed E-state index contributed by atoms with van der Waals surface area (Å²) in [4.78, 5) is 15.6. The highest BCUT2D eigenvalue weighted by atomic mass is 35.5. The number of carbonyl (C=O) groups excluding carboxylic acids is 1. The Bertz CT molecular complexity index is 938. The number of amides is 1. The Labute approximate surface area is 173 Å². The Morgan fingerprint density at radius 3 is 2.48 bits per heavy atom. The summed E-state index contributed by atoms with van der Waals surface area (Å²) in [6, 6.07) is 8.12. The lowest BCUT2D eigenvalue weighted by Gasteiger charge is -2.21. The highest BCUT2D eigenvalue weighted by Gasteiger charge is 2.30. The summed E-state index contributed by atoms with van der Waals surface area (Å²) in [5.41, 5.74) is 0.307. The van der Waals surface area contributed by atoms with Gasteiger partial charge in [0.05, 0.1) is 15.9 Å². The van der Waals surface area contributed by atoms with Crippen molar-refractivity contribution in [2.75, 3.05) is 19.6 Å². The van der Waals surface area contributed by atoms with Crippen molar-refractivity contribution in [1.29, 1.82) is 0 Å². The van der Waals surface area contributed by atoms with Gasteiger partial charge in [0, 0.05) is 30.1 Å². The van der Waals surface area contributed by atoms with Gasteiger partial charge in [-0.05, 0) is 50.1 Å². The van der Waals surface area contributed by atoms with E-state index >= 15 is 0 Å². The average Bonchev–Trinajstić information content (AvgIpc) is 3.31. The molecule has 0 N–H and O–H groups in total. The van der Waals surface area contributed by atoms with Gasteiger partial charge in [0.2, 0.25) is 10.0 Å². The minimum Gasteiger partial charge on any atom is -0.334 e. The Morgan fingerprint density at radius 2 is 1.89 bits per heavy atom. The SMILES string of the molecule is CCN(Cc1ccc(Cl)s1)C(=O)c1ccc(Cl)c(S(=O)(=O)N2CCCC2)c1. The summed E-state index contributed by atoms with van der Waals surface area (Å²) >= 11 is 13.5. The van der Waals surface area contributed by atoms with Crippen LogP contribution in [0.3, 0.4) is 0 Å². The number of halogens is 2. The van der Waals surface area contributed by atoms with E-state index in [9.17, 15) is 13.2 Å². The highest BCUT2D eigenvalue weighted by molar-refractivity contribution is 7.89. The van der Waals surface area contributed by atoms with E-state index in [1.807, 2.05) is 13.0 Å². The number of carbonyl (C=O) groups is 1. The molecule has 5 nitrogen and oxygen atoms in total. The molecule has 0 radical (unpaired) electrons. The van der Waals surface area contributed by atoms with Crippen LogP contribution in [-0.4, -0.2) is 43.2 Å². The van der Waals surface area contributed by atoms with E-state index in [1.165, 1.54) is 27.8 Å². The Hall–Kier alpha value is -1.12. The summed E-state index contributed by atoms with van der Waals surface area (Å²) in [6.45, 7) is 3.76. The fourth-order valence-corrected chi connectivity index (χ4v) is 6.16. The summed E-state index contributed by atoms with van der Waals surface area (Å²) in [5, 5.41) is 0.131. The van der Waals surface area contributed by atoms with E-state index in [2.05, 4.69) is 0 Å². The van der Waals surface area contributed by atoms with Crippen LogP contribution >= 0.6 is 34.5 Å². The second kappa shape index (κ2) is 8.49. The molecule has 27 heavy (non-hydrogen) atoms. The van der Waals surface area contributed by atoms with Gasteiger partial charge in [-0.15, -0.1) is 11.3 Å². The van der Waals surface area contributed by atoms with Gasteiger partial charge in [-0.25, -0.2) is 8.42 Å². The van der Waals surface area contributed by atoms with Gasteiger partial charge in [0.25, 0.3) is 5.91 Å². The largest absolute Gasteiger partial charge is 0.334 e. The van der Waals surface area contributed by atoms with Crippen molar-refractivity contribution in [2.45, 2.75) is 31.2 Å². The molecule has 2 heterocycles. The predicted molar refractivity (Wildman–Crippen MR) is 109 cm³/mol. The van der Waals surface area contributed by atoms with E-state index < -0.39 is 10.0 Å². The first-order chi connectivity index (χ1) is 12.8.